The number of piperidine rings is 1. The summed E-state index contributed by atoms with van der Waals surface area (Å²) in [5, 5.41) is 0. The summed E-state index contributed by atoms with van der Waals surface area (Å²) in [4.78, 5) is 14.0. The van der Waals surface area contributed by atoms with Crippen LogP contribution >= 0.6 is 0 Å². The van der Waals surface area contributed by atoms with Crippen molar-refractivity contribution >= 4 is 5.91 Å². The molecule has 2 aromatic rings. The van der Waals surface area contributed by atoms with E-state index in [0.29, 0.717) is 12.3 Å². The van der Waals surface area contributed by atoms with Gasteiger partial charge in [0.05, 0.1) is 12.7 Å². The fraction of sp³-hybridized carbons (Fsp3) is 0.278. The van der Waals surface area contributed by atoms with E-state index in [9.17, 15) is 4.79 Å². The predicted octanol–water partition coefficient (Wildman–Crippen LogP) is 3.05. The maximum Gasteiger partial charge on any atom is 0.224 e. The van der Waals surface area contributed by atoms with E-state index in [1.165, 1.54) is 5.56 Å². The summed E-state index contributed by atoms with van der Waals surface area (Å²) in [5.74, 6) is 0.452. The van der Waals surface area contributed by atoms with Gasteiger partial charge in [-0.25, -0.2) is 0 Å². The van der Waals surface area contributed by atoms with Gasteiger partial charge < -0.3 is 10.6 Å². The molecule has 1 aliphatic rings. The zero-order valence-electron chi connectivity index (χ0n) is 12.0. The van der Waals surface area contributed by atoms with Crippen LogP contribution in [-0.2, 0) is 4.79 Å². The van der Waals surface area contributed by atoms with Gasteiger partial charge in [-0.15, -0.1) is 0 Å². The minimum atomic E-state index is 0.0276. The van der Waals surface area contributed by atoms with Gasteiger partial charge in [-0.3, -0.25) is 4.79 Å². The first-order valence-corrected chi connectivity index (χ1v) is 7.40. The molecular formula is C18H20N2O. The summed E-state index contributed by atoms with van der Waals surface area (Å²) in [5.41, 5.74) is 8.30. The quantitative estimate of drug-likeness (QED) is 0.939. The lowest BCUT2D eigenvalue weighted by Crippen LogP contribution is -2.44. The minimum Gasteiger partial charge on any atom is -0.322 e. The van der Waals surface area contributed by atoms with E-state index in [-0.39, 0.29) is 18.6 Å². The SMILES string of the molecule is NCN1C(=O)CC[C@H](c2ccccc2)[C@H]1c1ccccc1. The van der Waals surface area contributed by atoms with Crippen LogP contribution in [0.3, 0.4) is 0 Å². The lowest BCUT2D eigenvalue weighted by atomic mass is 9.80. The third-order valence-electron chi connectivity index (χ3n) is 4.27. The second kappa shape index (κ2) is 6.10. The van der Waals surface area contributed by atoms with E-state index in [4.69, 9.17) is 5.73 Å². The van der Waals surface area contributed by atoms with Crippen LogP contribution in [0, 0.1) is 0 Å². The molecule has 1 aliphatic heterocycles. The van der Waals surface area contributed by atoms with E-state index in [1.54, 1.807) is 0 Å². The second-order valence-corrected chi connectivity index (χ2v) is 5.46. The van der Waals surface area contributed by atoms with Gasteiger partial charge in [0.2, 0.25) is 5.91 Å². The molecule has 1 amide bonds. The second-order valence-electron chi connectivity index (χ2n) is 5.46. The molecule has 0 aromatic heterocycles. The lowest BCUT2D eigenvalue weighted by Gasteiger charge is -2.41. The number of amides is 1. The Bertz CT molecular complexity index is 597. The Morgan fingerprint density at radius 1 is 0.952 bits per heavy atom. The Kier molecular flexibility index (Phi) is 4.02. The molecule has 0 saturated carbocycles. The summed E-state index contributed by atoms with van der Waals surface area (Å²) in [6.45, 7) is 0.266. The molecule has 0 bridgehead atoms. The van der Waals surface area contributed by atoms with E-state index < -0.39 is 0 Å². The number of benzene rings is 2. The molecule has 1 heterocycles. The van der Waals surface area contributed by atoms with Gasteiger partial charge in [0.1, 0.15) is 0 Å². The molecule has 3 heteroatoms. The summed E-state index contributed by atoms with van der Waals surface area (Å²) in [6, 6.07) is 20.7. The Hall–Kier alpha value is -2.13. The standard InChI is InChI=1S/C18H20N2O/c19-13-20-17(21)12-11-16(14-7-3-1-4-8-14)18(20)15-9-5-2-6-10-15/h1-10,16,18H,11-13,19H2/t16-,18-/m1/s1. The number of carbonyl (C=O) groups is 1. The van der Waals surface area contributed by atoms with Crippen LogP contribution in [-0.4, -0.2) is 17.5 Å². The largest absolute Gasteiger partial charge is 0.322 e. The van der Waals surface area contributed by atoms with Gasteiger partial charge in [-0.1, -0.05) is 60.7 Å². The molecule has 2 atom stereocenters. The Labute approximate surface area is 125 Å². The lowest BCUT2D eigenvalue weighted by molar-refractivity contribution is -0.137. The van der Waals surface area contributed by atoms with Crippen LogP contribution in [0.4, 0.5) is 0 Å². The average molecular weight is 280 g/mol. The molecule has 0 unspecified atom stereocenters. The van der Waals surface area contributed by atoms with Crippen molar-refractivity contribution in [3.05, 3.63) is 71.8 Å². The van der Waals surface area contributed by atoms with Crippen LogP contribution in [0.1, 0.15) is 35.9 Å². The summed E-state index contributed by atoms with van der Waals surface area (Å²) >= 11 is 0. The monoisotopic (exact) mass is 280 g/mol. The zero-order valence-corrected chi connectivity index (χ0v) is 12.0. The number of likely N-dealkylation sites (tertiary alicyclic amines) is 1. The number of carbonyl (C=O) groups excluding carboxylic acids is 1. The number of hydrogen-bond donors (Lipinski definition) is 1. The molecule has 2 aromatic carbocycles. The van der Waals surface area contributed by atoms with Crippen molar-refractivity contribution in [2.75, 3.05) is 6.67 Å². The molecule has 3 nitrogen and oxygen atoms in total. The first kappa shape index (κ1) is 13.8. The highest BCUT2D eigenvalue weighted by molar-refractivity contribution is 5.78. The van der Waals surface area contributed by atoms with Crippen molar-refractivity contribution in [3.63, 3.8) is 0 Å². The Balaban J connectivity index is 2.03. The Morgan fingerprint density at radius 3 is 2.10 bits per heavy atom. The van der Waals surface area contributed by atoms with Crippen LogP contribution < -0.4 is 5.73 Å². The van der Waals surface area contributed by atoms with Crippen molar-refractivity contribution in [1.82, 2.24) is 4.90 Å². The smallest absolute Gasteiger partial charge is 0.224 e. The summed E-state index contributed by atoms with van der Waals surface area (Å²) in [6.07, 6.45) is 1.44. The highest BCUT2D eigenvalue weighted by atomic mass is 16.2. The molecule has 3 rings (SSSR count). The van der Waals surface area contributed by atoms with E-state index in [2.05, 4.69) is 36.4 Å². The van der Waals surface area contributed by atoms with E-state index in [1.807, 2.05) is 29.2 Å². The van der Waals surface area contributed by atoms with E-state index >= 15 is 0 Å². The van der Waals surface area contributed by atoms with Gasteiger partial charge >= 0.3 is 0 Å². The number of rotatable bonds is 3. The van der Waals surface area contributed by atoms with Crippen molar-refractivity contribution in [1.29, 1.82) is 0 Å². The van der Waals surface area contributed by atoms with Crippen LogP contribution in [0.5, 0.6) is 0 Å². The van der Waals surface area contributed by atoms with Crippen LogP contribution in [0.15, 0.2) is 60.7 Å². The van der Waals surface area contributed by atoms with Crippen molar-refractivity contribution in [2.24, 2.45) is 5.73 Å². The molecule has 2 N–H and O–H groups in total. The van der Waals surface area contributed by atoms with Gasteiger partial charge in [-0.05, 0) is 17.5 Å². The maximum atomic E-state index is 12.2. The maximum absolute atomic E-state index is 12.2. The van der Waals surface area contributed by atoms with Crippen molar-refractivity contribution in [3.8, 4) is 0 Å². The summed E-state index contributed by atoms with van der Waals surface area (Å²) < 4.78 is 0. The average Bonchev–Trinajstić information content (AvgIpc) is 2.56. The first-order chi connectivity index (χ1) is 10.3. The fourth-order valence-electron chi connectivity index (χ4n) is 3.28. The van der Waals surface area contributed by atoms with E-state index in [0.717, 1.165) is 12.0 Å². The van der Waals surface area contributed by atoms with Gasteiger partial charge in [0, 0.05) is 12.3 Å². The number of hydrogen-bond acceptors (Lipinski definition) is 2. The third kappa shape index (κ3) is 2.69. The predicted molar refractivity (Wildman–Crippen MR) is 83.5 cm³/mol. The zero-order chi connectivity index (χ0) is 14.7. The molecule has 0 aliphatic carbocycles. The molecule has 1 saturated heterocycles. The Morgan fingerprint density at radius 2 is 1.52 bits per heavy atom. The normalized spacial score (nSPS) is 22.3. The van der Waals surface area contributed by atoms with Crippen molar-refractivity contribution in [2.45, 2.75) is 24.8 Å². The minimum absolute atomic E-state index is 0.0276. The molecule has 0 radical (unpaired) electrons. The van der Waals surface area contributed by atoms with Crippen molar-refractivity contribution < 1.29 is 4.79 Å². The van der Waals surface area contributed by atoms with Crippen LogP contribution in [0.2, 0.25) is 0 Å². The van der Waals surface area contributed by atoms with Crippen LogP contribution in [0.25, 0.3) is 0 Å². The number of nitrogens with zero attached hydrogens (tertiary/aromatic N) is 1. The fourth-order valence-corrected chi connectivity index (χ4v) is 3.28. The van der Waals surface area contributed by atoms with Gasteiger partial charge in [-0.2, -0.15) is 0 Å². The molecule has 108 valence electrons. The van der Waals surface area contributed by atoms with Gasteiger partial charge in [0.25, 0.3) is 0 Å². The molecule has 0 spiro atoms. The first-order valence-electron chi connectivity index (χ1n) is 7.40. The molecule has 21 heavy (non-hydrogen) atoms. The highest BCUT2D eigenvalue weighted by Crippen LogP contribution is 2.42. The van der Waals surface area contributed by atoms with Gasteiger partial charge in [0.15, 0.2) is 0 Å². The third-order valence-corrected chi connectivity index (χ3v) is 4.27. The number of nitrogens with two attached hydrogens (primary N) is 1. The topological polar surface area (TPSA) is 46.3 Å². The summed E-state index contributed by atoms with van der Waals surface area (Å²) in [7, 11) is 0. The molecule has 1 fully saturated rings. The molecular weight excluding hydrogens is 260 g/mol. The highest BCUT2D eigenvalue weighted by Gasteiger charge is 2.36.